The minimum Gasteiger partial charge on any atom is -0.492 e. The smallest absolute Gasteiger partial charge is 0.122 e. The summed E-state index contributed by atoms with van der Waals surface area (Å²) >= 11 is 0. The SMILES string of the molecule is Cc1nn(C)cc1Cc1ccccc1OCCN1CCOCC1. The third-order valence-electron chi connectivity index (χ3n) is 4.24. The molecule has 0 atom stereocenters. The molecule has 2 aromatic rings. The van der Waals surface area contributed by atoms with E-state index in [2.05, 4.69) is 41.3 Å². The molecule has 1 saturated heterocycles. The van der Waals surface area contributed by atoms with Crippen LogP contribution in [0.3, 0.4) is 0 Å². The second-order valence-electron chi connectivity index (χ2n) is 6.00. The molecule has 1 aromatic carbocycles. The Bertz CT molecular complexity index is 633. The molecule has 124 valence electrons. The van der Waals surface area contributed by atoms with Crippen molar-refractivity contribution in [1.29, 1.82) is 0 Å². The van der Waals surface area contributed by atoms with Crippen LogP contribution in [0.15, 0.2) is 30.5 Å². The van der Waals surface area contributed by atoms with Gasteiger partial charge in [-0.05, 0) is 24.1 Å². The zero-order chi connectivity index (χ0) is 16.1. The number of nitrogens with zero attached hydrogens (tertiary/aromatic N) is 3. The zero-order valence-corrected chi connectivity index (χ0v) is 14.0. The molecule has 1 fully saturated rings. The predicted molar refractivity (Wildman–Crippen MR) is 89.9 cm³/mol. The molecule has 0 saturated carbocycles. The van der Waals surface area contributed by atoms with Crippen LogP contribution < -0.4 is 4.74 Å². The number of aryl methyl sites for hydroxylation is 2. The molecule has 0 amide bonds. The third-order valence-corrected chi connectivity index (χ3v) is 4.24. The maximum absolute atomic E-state index is 6.05. The van der Waals surface area contributed by atoms with E-state index in [-0.39, 0.29) is 0 Å². The van der Waals surface area contributed by atoms with Crippen LogP contribution >= 0.6 is 0 Å². The quantitative estimate of drug-likeness (QED) is 0.818. The monoisotopic (exact) mass is 315 g/mol. The number of aromatic nitrogens is 2. The van der Waals surface area contributed by atoms with E-state index in [1.165, 1.54) is 11.1 Å². The van der Waals surface area contributed by atoms with Crippen LogP contribution in [-0.4, -0.2) is 54.1 Å². The molecule has 23 heavy (non-hydrogen) atoms. The van der Waals surface area contributed by atoms with Gasteiger partial charge in [-0.2, -0.15) is 5.10 Å². The molecule has 1 aliphatic rings. The molecule has 3 rings (SSSR count). The second-order valence-corrected chi connectivity index (χ2v) is 6.00. The average Bonchev–Trinajstić information content (AvgIpc) is 2.87. The largest absolute Gasteiger partial charge is 0.492 e. The topological polar surface area (TPSA) is 39.5 Å². The second kappa shape index (κ2) is 7.62. The molecule has 0 spiro atoms. The first kappa shape index (κ1) is 16.0. The van der Waals surface area contributed by atoms with Gasteiger partial charge in [0.25, 0.3) is 0 Å². The minimum atomic E-state index is 0.711. The number of ether oxygens (including phenoxy) is 2. The Kier molecular flexibility index (Phi) is 5.31. The van der Waals surface area contributed by atoms with Crippen molar-refractivity contribution in [2.75, 3.05) is 39.5 Å². The van der Waals surface area contributed by atoms with Crippen molar-refractivity contribution in [1.82, 2.24) is 14.7 Å². The molecule has 1 aromatic heterocycles. The molecule has 0 unspecified atom stereocenters. The minimum absolute atomic E-state index is 0.711. The lowest BCUT2D eigenvalue weighted by atomic mass is 10.1. The summed E-state index contributed by atoms with van der Waals surface area (Å²) in [7, 11) is 1.96. The number of para-hydroxylation sites is 1. The summed E-state index contributed by atoms with van der Waals surface area (Å²) in [4.78, 5) is 2.39. The summed E-state index contributed by atoms with van der Waals surface area (Å²) < 4.78 is 13.3. The summed E-state index contributed by atoms with van der Waals surface area (Å²) in [6.07, 6.45) is 2.94. The molecule has 2 heterocycles. The maximum Gasteiger partial charge on any atom is 0.122 e. The fourth-order valence-electron chi connectivity index (χ4n) is 2.93. The average molecular weight is 315 g/mol. The van der Waals surface area contributed by atoms with Gasteiger partial charge in [0.1, 0.15) is 12.4 Å². The van der Waals surface area contributed by atoms with E-state index in [0.29, 0.717) is 6.61 Å². The van der Waals surface area contributed by atoms with Crippen LogP contribution in [0.25, 0.3) is 0 Å². The highest BCUT2D eigenvalue weighted by Gasteiger charge is 2.11. The van der Waals surface area contributed by atoms with Crippen LogP contribution in [-0.2, 0) is 18.2 Å². The molecule has 5 nitrogen and oxygen atoms in total. The number of hydrogen-bond donors (Lipinski definition) is 0. The van der Waals surface area contributed by atoms with Gasteiger partial charge in [-0.25, -0.2) is 0 Å². The lowest BCUT2D eigenvalue weighted by Gasteiger charge is -2.26. The lowest BCUT2D eigenvalue weighted by molar-refractivity contribution is 0.0322. The van der Waals surface area contributed by atoms with Gasteiger partial charge in [-0.15, -0.1) is 0 Å². The molecule has 0 N–H and O–H groups in total. The molecule has 0 bridgehead atoms. The van der Waals surface area contributed by atoms with E-state index in [9.17, 15) is 0 Å². The summed E-state index contributed by atoms with van der Waals surface area (Å²) in [6.45, 7) is 7.37. The van der Waals surface area contributed by atoms with E-state index in [1.807, 2.05) is 17.8 Å². The van der Waals surface area contributed by atoms with Crippen LogP contribution in [0.2, 0.25) is 0 Å². The maximum atomic E-state index is 6.05. The van der Waals surface area contributed by atoms with Gasteiger partial charge in [0.15, 0.2) is 0 Å². The number of rotatable bonds is 6. The summed E-state index contributed by atoms with van der Waals surface area (Å²) in [6, 6.07) is 8.29. The lowest BCUT2D eigenvalue weighted by Crippen LogP contribution is -2.38. The van der Waals surface area contributed by atoms with Crippen LogP contribution in [0.5, 0.6) is 5.75 Å². The Labute approximate surface area is 137 Å². The van der Waals surface area contributed by atoms with Crippen molar-refractivity contribution in [3.05, 3.63) is 47.3 Å². The van der Waals surface area contributed by atoms with Gasteiger partial charge < -0.3 is 9.47 Å². The van der Waals surface area contributed by atoms with Gasteiger partial charge in [0, 0.05) is 39.3 Å². The fourth-order valence-corrected chi connectivity index (χ4v) is 2.93. The molecule has 5 heteroatoms. The standard InChI is InChI=1S/C18H25N3O2/c1-15-17(14-20(2)19-15)13-16-5-3-4-6-18(16)23-12-9-21-7-10-22-11-8-21/h3-6,14H,7-13H2,1-2H3. The number of morpholine rings is 1. The highest BCUT2D eigenvalue weighted by molar-refractivity contribution is 5.38. The highest BCUT2D eigenvalue weighted by Crippen LogP contribution is 2.22. The number of benzene rings is 1. The summed E-state index contributed by atoms with van der Waals surface area (Å²) in [5.41, 5.74) is 3.54. The molecule has 0 radical (unpaired) electrons. The zero-order valence-electron chi connectivity index (χ0n) is 14.0. The van der Waals surface area contributed by atoms with Crippen molar-refractivity contribution >= 4 is 0 Å². The first-order valence-corrected chi connectivity index (χ1v) is 8.22. The summed E-state index contributed by atoms with van der Waals surface area (Å²) in [5, 5.41) is 4.42. The van der Waals surface area contributed by atoms with E-state index >= 15 is 0 Å². The van der Waals surface area contributed by atoms with Crippen molar-refractivity contribution in [2.24, 2.45) is 7.05 Å². The Morgan fingerprint density at radius 3 is 2.70 bits per heavy atom. The molecular formula is C18H25N3O2. The van der Waals surface area contributed by atoms with E-state index < -0.39 is 0 Å². The molecule has 1 aliphatic heterocycles. The van der Waals surface area contributed by atoms with E-state index in [4.69, 9.17) is 9.47 Å². The summed E-state index contributed by atoms with van der Waals surface area (Å²) in [5.74, 6) is 0.976. The van der Waals surface area contributed by atoms with Crippen molar-refractivity contribution in [3.8, 4) is 5.75 Å². The molecule has 0 aliphatic carbocycles. The predicted octanol–water partition coefficient (Wildman–Crippen LogP) is 2.03. The fraction of sp³-hybridized carbons (Fsp3) is 0.500. The van der Waals surface area contributed by atoms with Gasteiger partial charge in [0.2, 0.25) is 0 Å². The number of hydrogen-bond acceptors (Lipinski definition) is 4. The van der Waals surface area contributed by atoms with Crippen molar-refractivity contribution in [3.63, 3.8) is 0 Å². The normalized spacial score (nSPS) is 15.7. The van der Waals surface area contributed by atoms with Gasteiger partial charge in [0.05, 0.1) is 18.9 Å². The first-order valence-electron chi connectivity index (χ1n) is 8.22. The van der Waals surface area contributed by atoms with Gasteiger partial charge in [-0.3, -0.25) is 9.58 Å². The van der Waals surface area contributed by atoms with Crippen molar-refractivity contribution < 1.29 is 9.47 Å². The first-order chi connectivity index (χ1) is 11.2. The Morgan fingerprint density at radius 1 is 1.17 bits per heavy atom. The van der Waals surface area contributed by atoms with Gasteiger partial charge >= 0.3 is 0 Å². The third kappa shape index (κ3) is 4.33. The highest BCUT2D eigenvalue weighted by atomic mass is 16.5. The Morgan fingerprint density at radius 2 is 1.96 bits per heavy atom. The Balaban J connectivity index is 1.60. The van der Waals surface area contributed by atoms with Crippen LogP contribution in [0.4, 0.5) is 0 Å². The van der Waals surface area contributed by atoms with Gasteiger partial charge in [-0.1, -0.05) is 18.2 Å². The molecular weight excluding hydrogens is 290 g/mol. The van der Waals surface area contributed by atoms with E-state index in [1.54, 1.807) is 0 Å². The van der Waals surface area contributed by atoms with Crippen LogP contribution in [0.1, 0.15) is 16.8 Å². The van der Waals surface area contributed by atoms with Crippen LogP contribution in [0, 0.1) is 6.92 Å². The van der Waals surface area contributed by atoms with Crippen molar-refractivity contribution in [2.45, 2.75) is 13.3 Å². The Hall–Kier alpha value is -1.85. The van der Waals surface area contributed by atoms with E-state index in [0.717, 1.165) is 50.7 Å².